The molecule has 1 saturated heterocycles. The van der Waals surface area contributed by atoms with Crippen LogP contribution in [0.5, 0.6) is 0 Å². The monoisotopic (exact) mass is 160 g/mol. The summed E-state index contributed by atoms with van der Waals surface area (Å²) >= 11 is 1.72. The summed E-state index contributed by atoms with van der Waals surface area (Å²) < 4.78 is 0. The predicted octanol–water partition coefficient (Wildman–Crippen LogP) is -0.563. The van der Waals surface area contributed by atoms with Gasteiger partial charge in [-0.25, -0.2) is 0 Å². The molecule has 0 spiro atoms. The van der Waals surface area contributed by atoms with Crippen molar-refractivity contribution in [3.63, 3.8) is 0 Å². The van der Waals surface area contributed by atoms with Crippen molar-refractivity contribution >= 4 is 17.7 Å². The first-order valence-electron chi connectivity index (χ1n) is 3.38. The fraction of sp³-hybridized carbons (Fsp3) is 0.833. The Labute approximate surface area is 64.9 Å². The average molecular weight is 160 g/mol. The molecule has 1 heterocycles. The largest absolute Gasteiger partial charge is 0.358 e. The van der Waals surface area contributed by atoms with E-state index in [0.717, 1.165) is 18.8 Å². The summed E-state index contributed by atoms with van der Waals surface area (Å²) in [4.78, 5) is 11.0. The van der Waals surface area contributed by atoms with Gasteiger partial charge in [0.05, 0.1) is 5.25 Å². The third kappa shape index (κ3) is 1.88. The van der Waals surface area contributed by atoms with Crippen LogP contribution < -0.4 is 10.6 Å². The fourth-order valence-corrected chi connectivity index (χ4v) is 1.95. The maximum atomic E-state index is 11.0. The van der Waals surface area contributed by atoms with Gasteiger partial charge in [0.25, 0.3) is 0 Å². The molecule has 0 aromatic rings. The van der Waals surface area contributed by atoms with Crippen LogP contribution >= 0.6 is 11.8 Å². The van der Waals surface area contributed by atoms with Crippen molar-refractivity contribution in [2.75, 3.05) is 25.9 Å². The minimum Gasteiger partial charge on any atom is -0.358 e. The highest BCUT2D eigenvalue weighted by Crippen LogP contribution is 2.12. The Kier molecular flexibility index (Phi) is 3.02. The van der Waals surface area contributed by atoms with Crippen LogP contribution in [0.4, 0.5) is 0 Å². The molecule has 1 atom stereocenters. The SMILES string of the molecule is CNC(=O)C1CNCCS1. The van der Waals surface area contributed by atoms with E-state index in [1.807, 2.05) is 0 Å². The molecule has 0 bridgehead atoms. The van der Waals surface area contributed by atoms with E-state index in [-0.39, 0.29) is 11.2 Å². The van der Waals surface area contributed by atoms with Crippen molar-refractivity contribution in [2.24, 2.45) is 0 Å². The van der Waals surface area contributed by atoms with Crippen molar-refractivity contribution in [3.05, 3.63) is 0 Å². The molecule has 1 fully saturated rings. The van der Waals surface area contributed by atoms with E-state index in [4.69, 9.17) is 0 Å². The number of carbonyl (C=O) groups excluding carboxylic acids is 1. The van der Waals surface area contributed by atoms with E-state index in [2.05, 4.69) is 10.6 Å². The van der Waals surface area contributed by atoms with Crippen molar-refractivity contribution in [1.29, 1.82) is 0 Å². The molecule has 0 aromatic carbocycles. The summed E-state index contributed by atoms with van der Waals surface area (Å²) in [7, 11) is 1.68. The van der Waals surface area contributed by atoms with Gasteiger partial charge >= 0.3 is 0 Å². The molecule has 58 valence electrons. The lowest BCUT2D eigenvalue weighted by Gasteiger charge is -2.20. The summed E-state index contributed by atoms with van der Waals surface area (Å²) in [5.74, 6) is 1.18. The number of hydrogen-bond acceptors (Lipinski definition) is 3. The van der Waals surface area contributed by atoms with Gasteiger partial charge in [-0.05, 0) is 0 Å². The lowest BCUT2D eigenvalue weighted by Crippen LogP contribution is -2.42. The normalized spacial score (nSPS) is 25.9. The zero-order valence-electron chi connectivity index (χ0n) is 6.02. The summed E-state index contributed by atoms with van der Waals surface area (Å²) in [6.07, 6.45) is 0. The van der Waals surface area contributed by atoms with Crippen LogP contribution in [0.1, 0.15) is 0 Å². The average Bonchev–Trinajstić information content (AvgIpc) is 2.05. The molecule has 0 aliphatic carbocycles. The van der Waals surface area contributed by atoms with Gasteiger partial charge in [-0.15, -0.1) is 11.8 Å². The molecular formula is C6H12N2OS. The fourth-order valence-electron chi connectivity index (χ4n) is 0.895. The van der Waals surface area contributed by atoms with Crippen LogP contribution in [0.15, 0.2) is 0 Å². The van der Waals surface area contributed by atoms with Gasteiger partial charge < -0.3 is 10.6 Å². The predicted molar refractivity (Wildman–Crippen MR) is 43.2 cm³/mol. The summed E-state index contributed by atoms with van der Waals surface area (Å²) in [5, 5.41) is 5.93. The van der Waals surface area contributed by atoms with Crippen molar-refractivity contribution in [2.45, 2.75) is 5.25 Å². The Hall–Kier alpha value is -0.220. The molecule has 10 heavy (non-hydrogen) atoms. The van der Waals surface area contributed by atoms with Crippen LogP contribution in [0.2, 0.25) is 0 Å². The zero-order valence-corrected chi connectivity index (χ0v) is 6.83. The van der Waals surface area contributed by atoms with Crippen LogP contribution in [-0.2, 0) is 4.79 Å². The number of rotatable bonds is 1. The summed E-state index contributed by atoms with van der Waals surface area (Å²) in [6, 6.07) is 0. The number of amides is 1. The highest BCUT2D eigenvalue weighted by Gasteiger charge is 2.19. The van der Waals surface area contributed by atoms with Gasteiger partial charge in [-0.3, -0.25) is 4.79 Å². The highest BCUT2D eigenvalue weighted by molar-refractivity contribution is 8.00. The molecule has 1 aliphatic rings. The van der Waals surface area contributed by atoms with Crippen molar-refractivity contribution in [1.82, 2.24) is 10.6 Å². The molecule has 0 radical (unpaired) electrons. The van der Waals surface area contributed by atoms with Crippen LogP contribution in [-0.4, -0.2) is 37.0 Å². The van der Waals surface area contributed by atoms with Crippen LogP contribution in [0.25, 0.3) is 0 Å². The number of hydrogen-bond donors (Lipinski definition) is 2. The van der Waals surface area contributed by atoms with E-state index in [9.17, 15) is 4.79 Å². The first kappa shape index (κ1) is 7.88. The Bertz CT molecular complexity index is 123. The zero-order chi connectivity index (χ0) is 7.40. The maximum absolute atomic E-state index is 11.0. The van der Waals surface area contributed by atoms with Crippen LogP contribution in [0, 0.1) is 0 Å². The molecule has 0 aromatic heterocycles. The van der Waals surface area contributed by atoms with E-state index in [1.54, 1.807) is 18.8 Å². The summed E-state index contributed by atoms with van der Waals surface area (Å²) in [5.41, 5.74) is 0. The molecule has 4 heteroatoms. The number of thioether (sulfide) groups is 1. The minimum atomic E-state index is 0.124. The lowest BCUT2D eigenvalue weighted by atomic mass is 10.4. The molecule has 1 unspecified atom stereocenters. The Balaban J connectivity index is 2.31. The second-order valence-electron chi connectivity index (χ2n) is 2.18. The Morgan fingerprint density at radius 2 is 2.60 bits per heavy atom. The van der Waals surface area contributed by atoms with Gasteiger partial charge in [0.1, 0.15) is 0 Å². The van der Waals surface area contributed by atoms with Gasteiger partial charge in [0.15, 0.2) is 0 Å². The maximum Gasteiger partial charge on any atom is 0.234 e. The third-order valence-electron chi connectivity index (χ3n) is 1.47. The second-order valence-corrected chi connectivity index (χ2v) is 3.49. The molecule has 0 saturated carbocycles. The van der Waals surface area contributed by atoms with Gasteiger partial charge in [0.2, 0.25) is 5.91 Å². The smallest absolute Gasteiger partial charge is 0.234 e. The number of carbonyl (C=O) groups is 1. The van der Waals surface area contributed by atoms with Gasteiger partial charge in [-0.1, -0.05) is 0 Å². The molecule has 1 rings (SSSR count). The molecule has 1 amide bonds. The number of nitrogens with one attached hydrogen (secondary N) is 2. The Morgan fingerprint density at radius 1 is 1.80 bits per heavy atom. The van der Waals surface area contributed by atoms with E-state index in [1.165, 1.54) is 0 Å². The lowest BCUT2D eigenvalue weighted by molar-refractivity contribution is -0.120. The molecule has 1 aliphatic heterocycles. The molecule has 2 N–H and O–H groups in total. The summed E-state index contributed by atoms with van der Waals surface area (Å²) in [6.45, 7) is 1.84. The van der Waals surface area contributed by atoms with Crippen LogP contribution in [0.3, 0.4) is 0 Å². The third-order valence-corrected chi connectivity index (χ3v) is 2.69. The van der Waals surface area contributed by atoms with Gasteiger partial charge in [-0.2, -0.15) is 0 Å². The molecule has 3 nitrogen and oxygen atoms in total. The van der Waals surface area contributed by atoms with Gasteiger partial charge in [0, 0.05) is 25.9 Å². The highest BCUT2D eigenvalue weighted by atomic mass is 32.2. The first-order chi connectivity index (χ1) is 4.84. The Morgan fingerprint density at radius 3 is 3.10 bits per heavy atom. The quantitative estimate of drug-likeness (QED) is 0.540. The van der Waals surface area contributed by atoms with Crippen molar-refractivity contribution < 1.29 is 4.79 Å². The topological polar surface area (TPSA) is 41.1 Å². The standard InChI is InChI=1S/C6H12N2OS/c1-7-6(9)5-4-8-2-3-10-5/h5,8H,2-4H2,1H3,(H,7,9). The van der Waals surface area contributed by atoms with Crippen molar-refractivity contribution in [3.8, 4) is 0 Å². The molecular weight excluding hydrogens is 148 g/mol. The van der Waals surface area contributed by atoms with E-state index < -0.39 is 0 Å². The second kappa shape index (κ2) is 3.83. The first-order valence-corrected chi connectivity index (χ1v) is 4.43. The van der Waals surface area contributed by atoms with E-state index in [0.29, 0.717) is 0 Å². The van der Waals surface area contributed by atoms with E-state index >= 15 is 0 Å². The minimum absolute atomic E-state index is 0.124.